The zero-order valence-electron chi connectivity index (χ0n) is 18.8. The minimum absolute atomic E-state index is 0.126. The number of esters is 1. The number of ether oxygens (including phenoxy) is 2. The monoisotopic (exact) mass is 432 g/mol. The van der Waals surface area contributed by atoms with E-state index < -0.39 is 46.6 Å². The maximum absolute atomic E-state index is 13.9. The molecule has 6 atom stereocenters. The number of aliphatic hydroxyl groups is 1. The molecule has 0 aromatic carbocycles. The molecule has 2 fully saturated rings. The number of hydrogen-bond donors (Lipinski definition) is 1. The van der Waals surface area contributed by atoms with Gasteiger partial charge in [-0.25, -0.2) is 0 Å². The van der Waals surface area contributed by atoms with Crippen molar-refractivity contribution in [1.82, 2.24) is 9.80 Å². The Morgan fingerprint density at radius 1 is 1.16 bits per heavy atom. The standard InChI is InChI=1S/C23H32N2O6/c1-6-22-9-8-12-30-20(29)16(22)15-18(27)25(14(2)13-26)17-19(28)24(21(3,4)5)11-7-10-23(15,17)31-22/h7-10,14-17,26H,6,11-13H2,1-5H3/t14-,15+,16-,17?,22+,23+/m1/s1. The van der Waals surface area contributed by atoms with E-state index in [2.05, 4.69) is 0 Å². The Bertz CT molecular complexity index is 861. The number of amides is 2. The van der Waals surface area contributed by atoms with Gasteiger partial charge in [-0.2, -0.15) is 0 Å². The number of cyclic esters (lactones) is 1. The van der Waals surface area contributed by atoms with Crippen LogP contribution in [0.15, 0.2) is 24.3 Å². The van der Waals surface area contributed by atoms with E-state index in [1.807, 2.05) is 39.8 Å². The normalized spacial score (nSPS) is 38.4. The summed E-state index contributed by atoms with van der Waals surface area (Å²) in [5.41, 5.74) is -2.81. The second kappa shape index (κ2) is 7.17. The molecule has 0 aromatic heterocycles. The summed E-state index contributed by atoms with van der Waals surface area (Å²) in [6.07, 6.45) is 7.70. The van der Waals surface area contributed by atoms with Gasteiger partial charge in [-0.1, -0.05) is 25.2 Å². The second-order valence-electron chi connectivity index (χ2n) is 9.95. The van der Waals surface area contributed by atoms with Gasteiger partial charge >= 0.3 is 5.97 Å². The first-order valence-electron chi connectivity index (χ1n) is 11.0. The van der Waals surface area contributed by atoms with Crippen molar-refractivity contribution in [2.45, 2.75) is 69.9 Å². The maximum Gasteiger partial charge on any atom is 0.313 e. The lowest BCUT2D eigenvalue weighted by molar-refractivity contribution is -0.162. The Kier molecular flexibility index (Phi) is 5.09. The van der Waals surface area contributed by atoms with E-state index in [0.29, 0.717) is 13.0 Å². The molecule has 0 aromatic rings. The molecule has 4 heterocycles. The van der Waals surface area contributed by atoms with E-state index in [1.54, 1.807) is 24.0 Å². The van der Waals surface area contributed by atoms with Crippen LogP contribution in [0.3, 0.4) is 0 Å². The molecular weight excluding hydrogens is 400 g/mol. The fraction of sp³-hybridized carbons (Fsp3) is 0.696. The van der Waals surface area contributed by atoms with Crippen LogP contribution in [-0.2, 0) is 23.9 Å². The molecule has 2 amide bonds. The van der Waals surface area contributed by atoms with Crippen LogP contribution in [0.5, 0.6) is 0 Å². The quantitative estimate of drug-likeness (QED) is 0.529. The molecule has 1 spiro atoms. The van der Waals surface area contributed by atoms with Crippen molar-refractivity contribution in [3.8, 4) is 0 Å². The first kappa shape index (κ1) is 22.0. The third-order valence-electron chi connectivity index (χ3n) is 7.18. The van der Waals surface area contributed by atoms with Gasteiger partial charge in [0.2, 0.25) is 11.8 Å². The zero-order chi connectivity index (χ0) is 22.8. The van der Waals surface area contributed by atoms with Crippen LogP contribution in [0.1, 0.15) is 41.0 Å². The number of aliphatic hydroxyl groups excluding tert-OH is 1. The van der Waals surface area contributed by atoms with Crippen LogP contribution in [0, 0.1) is 11.8 Å². The largest absolute Gasteiger partial charge is 0.461 e. The molecule has 170 valence electrons. The Morgan fingerprint density at radius 2 is 1.87 bits per heavy atom. The van der Waals surface area contributed by atoms with Gasteiger partial charge in [0.15, 0.2) is 0 Å². The van der Waals surface area contributed by atoms with Crippen molar-refractivity contribution in [3.63, 3.8) is 0 Å². The average molecular weight is 433 g/mol. The fourth-order valence-electron chi connectivity index (χ4n) is 5.70. The first-order valence-corrected chi connectivity index (χ1v) is 11.0. The molecule has 4 aliphatic heterocycles. The summed E-state index contributed by atoms with van der Waals surface area (Å²) < 4.78 is 12.1. The highest BCUT2D eigenvalue weighted by Crippen LogP contribution is 2.58. The zero-order valence-corrected chi connectivity index (χ0v) is 18.8. The molecule has 1 N–H and O–H groups in total. The highest BCUT2D eigenvalue weighted by molar-refractivity contribution is 5.99. The predicted octanol–water partition coefficient (Wildman–Crippen LogP) is 1.04. The topological polar surface area (TPSA) is 96.4 Å². The number of hydrogen-bond acceptors (Lipinski definition) is 6. The molecule has 31 heavy (non-hydrogen) atoms. The van der Waals surface area contributed by atoms with E-state index >= 15 is 0 Å². The van der Waals surface area contributed by atoms with Gasteiger partial charge < -0.3 is 24.4 Å². The third-order valence-corrected chi connectivity index (χ3v) is 7.18. The molecule has 0 aliphatic carbocycles. The Hall–Kier alpha value is -2.19. The van der Waals surface area contributed by atoms with Crippen molar-refractivity contribution >= 4 is 17.8 Å². The van der Waals surface area contributed by atoms with Crippen molar-refractivity contribution in [2.24, 2.45) is 11.8 Å². The van der Waals surface area contributed by atoms with Crippen LogP contribution in [0.2, 0.25) is 0 Å². The SMILES string of the molecule is CC[C@]12C=CCOC(=O)[C@H]1[C@H]1C(=O)N([C@H](C)CO)C3C(=O)N(C(C)(C)C)CC=C[C@@]31O2. The summed E-state index contributed by atoms with van der Waals surface area (Å²) in [4.78, 5) is 44.0. The van der Waals surface area contributed by atoms with E-state index in [4.69, 9.17) is 9.47 Å². The van der Waals surface area contributed by atoms with Gasteiger partial charge in [0.05, 0.1) is 18.6 Å². The van der Waals surface area contributed by atoms with E-state index in [-0.39, 0.29) is 25.0 Å². The molecule has 0 saturated carbocycles. The Morgan fingerprint density at radius 3 is 2.48 bits per heavy atom. The molecule has 0 bridgehead atoms. The van der Waals surface area contributed by atoms with Gasteiger partial charge in [0, 0.05) is 12.1 Å². The van der Waals surface area contributed by atoms with Gasteiger partial charge in [0.25, 0.3) is 0 Å². The lowest BCUT2D eigenvalue weighted by atomic mass is 9.73. The maximum atomic E-state index is 13.9. The van der Waals surface area contributed by atoms with Crippen LogP contribution < -0.4 is 0 Å². The molecule has 2 saturated heterocycles. The second-order valence-corrected chi connectivity index (χ2v) is 9.95. The highest BCUT2D eigenvalue weighted by atomic mass is 16.6. The van der Waals surface area contributed by atoms with Crippen LogP contribution in [0.25, 0.3) is 0 Å². The minimum atomic E-state index is -1.31. The van der Waals surface area contributed by atoms with Gasteiger partial charge in [-0.05, 0) is 40.2 Å². The Labute approximate surface area is 182 Å². The predicted molar refractivity (Wildman–Crippen MR) is 112 cm³/mol. The average Bonchev–Trinajstić information content (AvgIpc) is 2.99. The fourth-order valence-corrected chi connectivity index (χ4v) is 5.70. The number of carbonyl (C=O) groups is 3. The molecule has 4 aliphatic rings. The van der Waals surface area contributed by atoms with Gasteiger partial charge in [0.1, 0.15) is 29.8 Å². The summed E-state index contributed by atoms with van der Waals surface area (Å²) in [6, 6.07) is -1.57. The minimum Gasteiger partial charge on any atom is -0.461 e. The molecular formula is C23H32N2O6. The van der Waals surface area contributed by atoms with Crippen LogP contribution in [-0.4, -0.2) is 81.3 Å². The van der Waals surface area contributed by atoms with E-state index in [9.17, 15) is 19.5 Å². The van der Waals surface area contributed by atoms with Gasteiger partial charge in [-0.3, -0.25) is 14.4 Å². The van der Waals surface area contributed by atoms with Crippen molar-refractivity contribution < 1.29 is 29.0 Å². The number of rotatable bonds is 3. The number of carbonyl (C=O) groups excluding carboxylic acids is 3. The molecule has 8 nitrogen and oxygen atoms in total. The molecule has 4 rings (SSSR count). The molecule has 8 heteroatoms. The van der Waals surface area contributed by atoms with Gasteiger partial charge in [-0.15, -0.1) is 0 Å². The van der Waals surface area contributed by atoms with Crippen LogP contribution in [0.4, 0.5) is 0 Å². The highest BCUT2D eigenvalue weighted by Gasteiger charge is 2.76. The van der Waals surface area contributed by atoms with Crippen molar-refractivity contribution in [2.75, 3.05) is 19.8 Å². The van der Waals surface area contributed by atoms with E-state index in [1.165, 1.54) is 4.90 Å². The lowest BCUT2D eigenvalue weighted by Gasteiger charge is -2.42. The van der Waals surface area contributed by atoms with E-state index in [0.717, 1.165) is 0 Å². The third kappa shape index (κ3) is 2.91. The Balaban J connectivity index is 1.94. The number of likely N-dealkylation sites (tertiary alicyclic amines) is 1. The van der Waals surface area contributed by atoms with Crippen molar-refractivity contribution in [3.05, 3.63) is 24.3 Å². The summed E-state index contributed by atoms with van der Waals surface area (Å²) in [6.45, 7) is 9.63. The molecule has 1 unspecified atom stereocenters. The molecule has 0 radical (unpaired) electrons. The van der Waals surface area contributed by atoms with Crippen LogP contribution >= 0.6 is 0 Å². The number of nitrogens with zero attached hydrogens (tertiary/aromatic N) is 2. The summed E-state index contributed by atoms with van der Waals surface area (Å²) >= 11 is 0. The number of fused-ring (bicyclic) bond motifs is 2. The summed E-state index contributed by atoms with van der Waals surface area (Å²) in [5, 5.41) is 9.89. The lowest BCUT2D eigenvalue weighted by Crippen LogP contribution is -2.60. The summed E-state index contributed by atoms with van der Waals surface area (Å²) in [5.74, 6) is -2.85. The summed E-state index contributed by atoms with van der Waals surface area (Å²) in [7, 11) is 0. The van der Waals surface area contributed by atoms with Crippen molar-refractivity contribution in [1.29, 1.82) is 0 Å². The smallest absolute Gasteiger partial charge is 0.313 e. The first-order chi connectivity index (χ1) is 14.5.